The number of allylic oxidation sites excluding steroid dienone is 18. The third-order valence-electron chi connectivity index (χ3n) is 15.3. The average Bonchev–Trinajstić information content (AvgIpc) is 3.67. The van der Waals surface area contributed by atoms with E-state index in [1.165, 1.54) is 180 Å². The zero-order valence-electron chi connectivity index (χ0n) is 56.5. The summed E-state index contributed by atoms with van der Waals surface area (Å²) in [7, 11) is 1.15. The van der Waals surface area contributed by atoms with E-state index in [0.717, 1.165) is 96.3 Å². The molecule has 10 heteroatoms. The second-order valence-electron chi connectivity index (χ2n) is 24.9. The van der Waals surface area contributed by atoms with Crippen molar-refractivity contribution in [1.82, 2.24) is 0 Å². The van der Waals surface area contributed by atoms with Crippen LogP contribution in [0.1, 0.15) is 309 Å². The number of phosphoric ester groups is 1. The molecule has 2 atom stereocenters. The second kappa shape index (κ2) is 66.1. The van der Waals surface area contributed by atoms with Gasteiger partial charge in [-0.25, -0.2) is 0 Å². The lowest BCUT2D eigenvalue weighted by atomic mass is 10.0. The van der Waals surface area contributed by atoms with Gasteiger partial charge in [-0.05, 0) is 103 Å². The first-order valence-corrected chi connectivity index (χ1v) is 37.1. The fraction of sp³-hybridized carbons (Fsp3) is 0.737. The fourth-order valence-electron chi connectivity index (χ4n) is 9.85. The molecule has 2 unspecified atom stereocenters. The summed E-state index contributed by atoms with van der Waals surface area (Å²) >= 11 is 0. The van der Waals surface area contributed by atoms with E-state index in [2.05, 4.69) is 123 Å². The Kier molecular flexibility index (Phi) is 63.5. The molecule has 0 aromatic heterocycles. The number of ether oxygens (including phenoxy) is 2. The van der Waals surface area contributed by atoms with E-state index in [1.807, 2.05) is 21.1 Å². The molecule has 0 heterocycles. The lowest BCUT2D eigenvalue weighted by Gasteiger charge is -2.28. The van der Waals surface area contributed by atoms with Crippen LogP contribution in [0.25, 0.3) is 0 Å². The van der Waals surface area contributed by atoms with Crippen molar-refractivity contribution in [2.24, 2.45) is 0 Å². The summed E-state index contributed by atoms with van der Waals surface area (Å²) in [5.41, 5.74) is 0. The number of carbonyl (C=O) groups is 2. The topological polar surface area (TPSA) is 111 Å². The van der Waals surface area contributed by atoms with E-state index in [0.29, 0.717) is 17.4 Å². The van der Waals surface area contributed by atoms with Crippen LogP contribution in [0.3, 0.4) is 0 Å². The highest BCUT2D eigenvalue weighted by Gasteiger charge is 2.22. The molecule has 496 valence electrons. The van der Waals surface area contributed by atoms with Gasteiger partial charge in [-0.2, -0.15) is 0 Å². The van der Waals surface area contributed by atoms with Gasteiger partial charge in [-0.3, -0.25) is 14.2 Å². The van der Waals surface area contributed by atoms with Gasteiger partial charge in [0.2, 0.25) is 0 Å². The van der Waals surface area contributed by atoms with Crippen LogP contribution < -0.4 is 4.89 Å². The molecule has 0 rings (SSSR count). The van der Waals surface area contributed by atoms with E-state index in [-0.39, 0.29) is 32.0 Å². The summed E-state index contributed by atoms with van der Waals surface area (Å²) < 4.78 is 34.3. The lowest BCUT2D eigenvalue weighted by molar-refractivity contribution is -0.870. The van der Waals surface area contributed by atoms with Gasteiger partial charge >= 0.3 is 11.9 Å². The average molecular weight is 1220 g/mol. The molecular weight excluding hydrogens is 1090 g/mol. The molecule has 0 aliphatic rings. The van der Waals surface area contributed by atoms with Crippen molar-refractivity contribution >= 4 is 19.8 Å². The number of phosphoric acid groups is 1. The third kappa shape index (κ3) is 69.8. The largest absolute Gasteiger partial charge is 0.756 e. The van der Waals surface area contributed by atoms with E-state index in [1.54, 1.807) is 0 Å². The number of quaternary nitrogens is 1. The minimum absolute atomic E-state index is 0.0371. The molecule has 0 fully saturated rings. The van der Waals surface area contributed by atoms with E-state index >= 15 is 0 Å². The number of nitrogens with zero attached hydrogens (tertiary/aromatic N) is 1. The maximum atomic E-state index is 12.9. The Hall–Kier alpha value is -3.33. The third-order valence-corrected chi connectivity index (χ3v) is 16.2. The molecule has 0 radical (unpaired) electrons. The van der Waals surface area contributed by atoms with Crippen molar-refractivity contribution in [1.29, 1.82) is 0 Å². The van der Waals surface area contributed by atoms with Crippen molar-refractivity contribution in [2.75, 3.05) is 47.5 Å². The van der Waals surface area contributed by atoms with Crippen molar-refractivity contribution < 1.29 is 42.1 Å². The Morgan fingerprint density at radius 3 is 0.988 bits per heavy atom. The Balaban J connectivity index is 4.06. The Morgan fingerprint density at radius 2 is 0.663 bits per heavy atom. The van der Waals surface area contributed by atoms with Gasteiger partial charge in [0.1, 0.15) is 19.8 Å². The molecule has 0 saturated carbocycles. The number of rotatable bonds is 65. The van der Waals surface area contributed by atoms with Crippen LogP contribution >= 0.6 is 7.82 Å². The molecule has 86 heavy (non-hydrogen) atoms. The highest BCUT2D eigenvalue weighted by molar-refractivity contribution is 7.45. The summed E-state index contributed by atoms with van der Waals surface area (Å²) in [6, 6.07) is 0. The molecule has 0 bridgehead atoms. The number of hydrogen-bond acceptors (Lipinski definition) is 8. The van der Waals surface area contributed by atoms with Crippen LogP contribution in [0.15, 0.2) is 109 Å². The SMILES string of the molecule is CC/C=C\C/C=C\C/C=C\C/C=C\C/C=C\C/C=C\C/C=C\CCCCCCCCCC(=O)OC(COC(=O)CCCCCCCCCCCCCCCCCCCCCCC/C=C\C/C=C\CCCCCCC)COP(=O)([O-])OCC[N+](C)(C)C. The number of carbonyl (C=O) groups excluding carboxylic acids is 2. The summed E-state index contributed by atoms with van der Waals surface area (Å²) in [5, 5.41) is 0. The molecule has 0 aliphatic heterocycles. The fourth-order valence-corrected chi connectivity index (χ4v) is 10.6. The van der Waals surface area contributed by atoms with Gasteiger partial charge < -0.3 is 27.9 Å². The summed E-state index contributed by atoms with van der Waals surface area (Å²) in [4.78, 5) is 38.1. The molecule has 0 saturated heterocycles. The van der Waals surface area contributed by atoms with Crippen LogP contribution in [0, 0.1) is 0 Å². The van der Waals surface area contributed by atoms with Crippen LogP contribution in [0.5, 0.6) is 0 Å². The van der Waals surface area contributed by atoms with Gasteiger partial charge in [-0.15, -0.1) is 0 Å². The highest BCUT2D eigenvalue weighted by Crippen LogP contribution is 2.38. The first-order chi connectivity index (χ1) is 42.0. The molecule has 0 N–H and O–H groups in total. The van der Waals surface area contributed by atoms with Gasteiger partial charge in [0.05, 0.1) is 27.7 Å². The zero-order valence-corrected chi connectivity index (χ0v) is 57.4. The maximum absolute atomic E-state index is 12.9. The quantitative estimate of drug-likeness (QED) is 0.0195. The molecule has 0 aromatic carbocycles. The Labute approximate surface area is 531 Å². The maximum Gasteiger partial charge on any atom is 0.306 e. The standard InChI is InChI=1S/C76H134NO8P/c1-6-8-10-12-14-16-18-20-22-24-26-28-30-32-34-36-37-38-39-41-42-44-46-48-50-52-54-56-58-60-62-64-66-68-75(78)82-72-74(73-84-86(80,81)83-71-70-77(3,4)5)85-76(79)69-67-65-63-61-59-57-55-53-51-49-47-45-43-40-35-33-31-29-27-25-23-21-19-17-15-13-11-9-7-2/h9,11,15,17-18,20-21,23-24,26-27,29,33,35,43,45,49,51,74H,6-8,10,12-14,16,19,22,25,28,30-32,34,36-42,44,46-48,50,52-73H2,1-5H3/b11-9-,17-15-,20-18-,23-21-,26-24-,29-27-,35-33-,45-43-,51-49-. The van der Waals surface area contributed by atoms with Crippen LogP contribution in [-0.4, -0.2) is 70.0 Å². The monoisotopic (exact) mass is 1220 g/mol. The summed E-state index contributed by atoms with van der Waals surface area (Å²) in [6.45, 7) is 4.13. The molecule has 0 aliphatic carbocycles. The zero-order chi connectivity index (χ0) is 62.6. The highest BCUT2D eigenvalue weighted by atomic mass is 31.2. The van der Waals surface area contributed by atoms with Crippen molar-refractivity contribution in [3.8, 4) is 0 Å². The van der Waals surface area contributed by atoms with E-state index < -0.39 is 26.5 Å². The molecular formula is C76H134NO8P. The van der Waals surface area contributed by atoms with Gasteiger partial charge in [0.15, 0.2) is 6.10 Å². The lowest BCUT2D eigenvalue weighted by Crippen LogP contribution is -2.37. The predicted octanol–water partition coefficient (Wildman–Crippen LogP) is 22.6. The van der Waals surface area contributed by atoms with Crippen molar-refractivity contribution in [3.05, 3.63) is 109 Å². The van der Waals surface area contributed by atoms with E-state index in [4.69, 9.17) is 18.5 Å². The number of esters is 2. The molecule has 0 amide bonds. The normalized spacial score (nSPS) is 13.8. The van der Waals surface area contributed by atoms with Crippen LogP contribution in [0.4, 0.5) is 0 Å². The Bertz CT molecular complexity index is 1820. The second-order valence-corrected chi connectivity index (χ2v) is 26.3. The number of hydrogen-bond donors (Lipinski definition) is 0. The van der Waals surface area contributed by atoms with Crippen molar-refractivity contribution in [3.63, 3.8) is 0 Å². The smallest absolute Gasteiger partial charge is 0.306 e. The molecule has 9 nitrogen and oxygen atoms in total. The number of unbranched alkanes of at least 4 members (excludes halogenated alkanes) is 33. The first-order valence-electron chi connectivity index (χ1n) is 35.6. The molecule has 0 spiro atoms. The van der Waals surface area contributed by atoms with Gasteiger partial charge in [0, 0.05) is 12.8 Å². The summed E-state index contributed by atoms with van der Waals surface area (Å²) in [6.07, 6.45) is 93.1. The van der Waals surface area contributed by atoms with Crippen LogP contribution in [0.2, 0.25) is 0 Å². The Morgan fingerprint density at radius 1 is 0.372 bits per heavy atom. The first kappa shape index (κ1) is 82.7. The molecule has 0 aromatic rings. The minimum atomic E-state index is -4.65. The van der Waals surface area contributed by atoms with E-state index in [9.17, 15) is 19.0 Å². The van der Waals surface area contributed by atoms with Crippen LogP contribution in [-0.2, 0) is 32.7 Å². The predicted molar refractivity (Wildman–Crippen MR) is 369 cm³/mol. The van der Waals surface area contributed by atoms with Gasteiger partial charge in [0.25, 0.3) is 7.82 Å². The summed E-state index contributed by atoms with van der Waals surface area (Å²) in [5.74, 6) is -0.841. The van der Waals surface area contributed by atoms with Crippen molar-refractivity contribution in [2.45, 2.75) is 315 Å². The minimum Gasteiger partial charge on any atom is -0.756 e. The number of likely N-dealkylation sites (N-methyl/N-ethyl adjacent to an activating group) is 1. The van der Waals surface area contributed by atoms with Gasteiger partial charge in [-0.1, -0.05) is 303 Å².